The van der Waals surface area contributed by atoms with Crippen LogP contribution in [0.4, 0.5) is 22.4 Å². The first-order valence-electron chi connectivity index (χ1n) is 5.26. The van der Waals surface area contributed by atoms with Gasteiger partial charge in [0.2, 0.25) is 0 Å². The molecule has 1 unspecified atom stereocenters. The molecular formula is C11H11F4NO4. The van der Waals surface area contributed by atoms with Crippen molar-refractivity contribution in [3.63, 3.8) is 0 Å². The molecule has 20 heavy (non-hydrogen) atoms. The van der Waals surface area contributed by atoms with Gasteiger partial charge in [-0.2, -0.15) is 0 Å². The van der Waals surface area contributed by atoms with Crippen LogP contribution in [0.3, 0.4) is 0 Å². The molecule has 2 N–H and O–H groups in total. The maximum absolute atomic E-state index is 13.5. The van der Waals surface area contributed by atoms with Gasteiger partial charge in [0.1, 0.15) is 0 Å². The lowest BCUT2D eigenvalue weighted by atomic mass is 10.1. The summed E-state index contributed by atoms with van der Waals surface area (Å²) < 4.78 is 57.6. The van der Waals surface area contributed by atoms with Crippen LogP contribution in [-0.2, 0) is 4.74 Å². The molecule has 0 saturated carbocycles. The van der Waals surface area contributed by atoms with Crippen molar-refractivity contribution in [2.45, 2.75) is 12.4 Å². The number of alkyl halides is 3. The quantitative estimate of drug-likeness (QED) is 0.820. The zero-order valence-corrected chi connectivity index (χ0v) is 10.2. The Morgan fingerprint density at radius 2 is 2.10 bits per heavy atom. The lowest BCUT2D eigenvalue weighted by Crippen LogP contribution is -2.30. The van der Waals surface area contributed by atoms with Crippen LogP contribution in [0.1, 0.15) is 11.6 Å². The Hall–Kier alpha value is -2.03. The van der Waals surface area contributed by atoms with Crippen molar-refractivity contribution in [3.05, 3.63) is 29.6 Å². The SMILES string of the molecule is COCC(NC(=O)O)c1ccc(OC(F)(F)F)c(F)c1. The van der Waals surface area contributed by atoms with Crippen molar-refractivity contribution in [2.75, 3.05) is 13.7 Å². The molecule has 1 amide bonds. The Bertz CT molecular complexity index is 478. The second-order valence-electron chi connectivity index (χ2n) is 3.70. The first kappa shape index (κ1) is 16.0. The maximum Gasteiger partial charge on any atom is 0.573 e. The minimum atomic E-state index is -5.01. The fourth-order valence-electron chi connectivity index (χ4n) is 1.48. The largest absolute Gasteiger partial charge is 0.573 e. The number of methoxy groups -OCH3 is 1. The summed E-state index contributed by atoms with van der Waals surface area (Å²) in [5.41, 5.74) is 0.112. The molecule has 0 saturated heterocycles. The second-order valence-corrected chi connectivity index (χ2v) is 3.70. The Morgan fingerprint density at radius 1 is 1.45 bits per heavy atom. The Morgan fingerprint density at radius 3 is 2.55 bits per heavy atom. The average molecular weight is 297 g/mol. The Balaban J connectivity index is 2.96. The highest BCUT2D eigenvalue weighted by Crippen LogP contribution is 2.27. The summed E-state index contributed by atoms with van der Waals surface area (Å²) >= 11 is 0. The van der Waals surface area contributed by atoms with Crippen LogP contribution < -0.4 is 10.1 Å². The van der Waals surface area contributed by atoms with Crippen LogP contribution in [0.25, 0.3) is 0 Å². The van der Waals surface area contributed by atoms with E-state index in [1.807, 2.05) is 0 Å². The van der Waals surface area contributed by atoms with Crippen molar-refractivity contribution in [1.29, 1.82) is 0 Å². The van der Waals surface area contributed by atoms with E-state index < -0.39 is 30.1 Å². The van der Waals surface area contributed by atoms with Gasteiger partial charge in [0.15, 0.2) is 11.6 Å². The molecule has 5 nitrogen and oxygen atoms in total. The van der Waals surface area contributed by atoms with Crippen LogP contribution in [0.2, 0.25) is 0 Å². The third kappa shape index (κ3) is 4.92. The predicted molar refractivity (Wildman–Crippen MR) is 58.9 cm³/mol. The molecule has 1 atom stereocenters. The Kier molecular flexibility index (Phi) is 5.14. The van der Waals surface area contributed by atoms with Crippen molar-refractivity contribution >= 4 is 6.09 Å². The summed E-state index contributed by atoms with van der Waals surface area (Å²) in [5.74, 6) is -2.25. The molecule has 0 aliphatic heterocycles. The van der Waals surface area contributed by atoms with E-state index in [1.165, 1.54) is 7.11 Å². The third-order valence-corrected chi connectivity index (χ3v) is 2.22. The van der Waals surface area contributed by atoms with E-state index in [-0.39, 0.29) is 12.2 Å². The summed E-state index contributed by atoms with van der Waals surface area (Å²) in [6.07, 6.45) is -6.38. The molecule has 112 valence electrons. The van der Waals surface area contributed by atoms with Gasteiger partial charge in [0, 0.05) is 7.11 Å². The minimum Gasteiger partial charge on any atom is -0.465 e. The highest BCUT2D eigenvalue weighted by atomic mass is 19.4. The number of halogens is 4. The van der Waals surface area contributed by atoms with Gasteiger partial charge in [-0.25, -0.2) is 9.18 Å². The van der Waals surface area contributed by atoms with E-state index in [0.29, 0.717) is 0 Å². The van der Waals surface area contributed by atoms with E-state index in [0.717, 1.165) is 18.2 Å². The average Bonchev–Trinajstić information content (AvgIpc) is 2.29. The van der Waals surface area contributed by atoms with Gasteiger partial charge in [-0.1, -0.05) is 6.07 Å². The molecule has 0 bridgehead atoms. The summed E-state index contributed by atoms with van der Waals surface area (Å²) in [4.78, 5) is 10.6. The van der Waals surface area contributed by atoms with Crippen molar-refractivity contribution < 1.29 is 36.9 Å². The molecule has 0 spiro atoms. The van der Waals surface area contributed by atoms with Gasteiger partial charge >= 0.3 is 12.5 Å². The van der Waals surface area contributed by atoms with Crippen LogP contribution in [0.15, 0.2) is 18.2 Å². The van der Waals surface area contributed by atoms with E-state index in [2.05, 4.69) is 10.1 Å². The van der Waals surface area contributed by atoms with E-state index in [1.54, 1.807) is 0 Å². The zero-order chi connectivity index (χ0) is 15.3. The molecule has 0 heterocycles. The topological polar surface area (TPSA) is 67.8 Å². The standard InChI is InChI=1S/C11H11F4NO4/c1-19-5-8(16-10(17)18)6-2-3-9(7(12)4-6)20-11(13,14)15/h2-4,8,16H,5H2,1H3,(H,17,18). The number of carboxylic acid groups (broad SMARTS) is 1. The highest BCUT2D eigenvalue weighted by molar-refractivity contribution is 5.65. The van der Waals surface area contributed by atoms with Crippen LogP contribution in [-0.4, -0.2) is 31.3 Å². The molecule has 0 fully saturated rings. The summed E-state index contributed by atoms with van der Waals surface area (Å²) in [5, 5.41) is 10.7. The van der Waals surface area contributed by atoms with Gasteiger partial charge in [-0.3, -0.25) is 0 Å². The molecule has 0 radical (unpaired) electrons. The monoisotopic (exact) mass is 297 g/mol. The fraction of sp³-hybridized carbons (Fsp3) is 0.364. The number of benzene rings is 1. The molecule has 1 aromatic carbocycles. The third-order valence-electron chi connectivity index (χ3n) is 2.22. The predicted octanol–water partition coefficient (Wildman–Crippen LogP) is 2.68. The fourth-order valence-corrected chi connectivity index (χ4v) is 1.48. The molecule has 0 aromatic heterocycles. The second kappa shape index (κ2) is 6.42. The molecule has 9 heteroatoms. The number of hydrogen-bond donors (Lipinski definition) is 2. The van der Waals surface area contributed by atoms with Gasteiger partial charge in [0.05, 0.1) is 12.6 Å². The van der Waals surface area contributed by atoms with Gasteiger partial charge in [0.25, 0.3) is 0 Å². The van der Waals surface area contributed by atoms with Gasteiger partial charge < -0.3 is 19.9 Å². The lowest BCUT2D eigenvalue weighted by Gasteiger charge is -2.17. The molecule has 0 aliphatic carbocycles. The normalized spacial score (nSPS) is 12.8. The number of nitrogens with one attached hydrogen (secondary N) is 1. The molecular weight excluding hydrogens is 286 g/mol. The summed E-state index contributed by atoms with van der Waals surface area (Å²) in [7, 11) is 1.30. The van der Waals surface area contributed by atoms with Gasteiger partial charge in [-0.15, -0.1) is 13.2 Å². The van der Waals surface area contributed by atoms with Crippen molar-refractivity contribution in [2.24, 2.45) is 0 Å². The van der Waals surface area contributed by atoms with Crippen LogP contribution in [0, 0.1) is 5.82 Å². The van der Waals surface area contributed by atoms with Crippen LogP contribution >= 0.6 is 0 Å². The maximum atomic E-state index is 13.5. The van der Waals surface area contributed by atoms with E-state index in [4.69, 9.17) is 9.84 Å². The zero-order valence-electron chi connectivity index (χ0n) is 10.2. The number of rotatable bonds is 5. The minimum absolute atomic E-state index is 0.106. The van der Waals surface area contributed by atoms with E-state index >= 15 is 0 Å². The molecule has 0 aliphatic rings. The molecule has 1 aromatic rings. The molecule has 1 rings (SSSR count). The number of hydrogen-bond acceptors (Lipinski definition) is 3. The first-order valence-corrected chi connectivity index (χ1v) is 5.26. The summed E-state index contributed by atoms with van der Waals surface area (Å²) in [6, 6.07) is 1.72. The van der Waals surface area contributed by atoms with Gasteiger partial charge in [-0.05, 0) is 17.7 Å². The number of amides is 1. The number of ether oxygens (including phenoxy) is 2. The van der Waals surface area contributed by atoms with Crippen molar-refractivity contribution in [1.82, 2.24) is 5.32 Å². The smallest absolute Gasteiger partial charge is 0.465 e. The summed E-state index contributed by atoms with van der Waals surface area (Å²) in [6.45, 7) is -0.106. The Labute approximate surface area is 111 Å². The first-order chi connectivity index (χ1) is 9.23. The van der Waals surface area contributed by atoms with Crippen LogP contribution in [0.5, 0.6) is 5.75 Å². The lowest BCUT2D eigenvalue weighted by molar-refractivity contribution is -0.275. The number of carbonyl (C=O) groups is 1. The highest BCUT2D eigenvalue weighted by Gasteiger charge is 2.32. The van der Waals surface area contributed by atoms with E-state index in [9.17, 15) is 22.4 Å². The van der Waals surface area contributed by atoms with Crippen molar-refractivity contribution in [3.8, 4) is 5.75 Å².